The van der Waals surface area contributed by atoms with Gasteiger partial charge in [-0.1, -0.05) is 6.07 Å². The number of nitrogens with zero attached hydrogens (tertiary/aromatic N) is 1. The molecular weight excluding hydrogens is 197 g/mol. The molecule has 0 unspecified atom stereocenters. The molecule has 1 aromatic rings. The Morgan fingerprint density at radius 3 is 2.73 bits per heavy atom. The van der Waals surface area contributed by atoms with Gasteiger partial charge in [-0.15, -0.1) is 0 Å². The Morgan fingerprint density at radius 2 is 2.20 bits per heavy atom. The molecular formula is C11H10FNO2. The molecule has 0 radical (unpaired) electrons. The van der Waals surface area contributed by atoms with Gasteiger partial charge >= 0.3 is 0 Å². The quantitative estimate of drug-likeness (QED) is 0.596. The first-order valence-corrected chi connectivity index (χ1v) is 4.68. The number of hydrogen-bond donors (Lipinski definition) is 1. The van der Waals surface area contributed by atoms with Crippen molar-refractivity contribution >= 4 is 6.08 Å². The third-order valence-corrected chi connectivity index (χ3v) is 2.79. The Kier molecular flexibility index (Phi) is 2.09. The molecule has 0 heterocycles. The van der Waals surface area contributed by atoms with Crippen LogP contribution in [0, 0.1) is 12.7 Å². The van der Waals surface area contributed by atoms with Gasteiger partial charge in [-0.2, -0.15) is 4.99 Å². The highest BCUT2D eigenvalue weighted by atomic mass is 19.1. The number of isocyanates is 1. The van der Waals surface area contributed by atoms with Crippen molar-refractivity contribution < 1.29 is 14.3 Å². The highest BCUT2D eigenvalue weighted by Gasteiger charge is 2.48. The van der Waals surface area contributed by atoms with Gasteiger partial charge in [-0.25, -0.2) is 9.18 Å². The van der Waals surface area contributed by atoms with Crippen LogP contribution in [0.15, 0.2) is 17.1 Å². The second kappa shape index (κ2) is 3.17. The number of aromatic hydroxyl groups is 1. The summed E-state index contributed by atoms with van der Waals surface area (Å²) in [5, 5.41) is 9.62. The number of rotatable bonds is 2. The summed E-state index contributed by atoms with van der Waals surface area (Å²) in [4.78, 5) is 13.9. The molecule has 1 aromatic carbocycles. The van der Waals surface area contributed by atoms with Crippen molar-refractivity contribution in [3.8, 4) is 5.75 Å². The highest BCUT2D eigenvalue weighted by Crippen LogP contribution is 2.53. The zero-order valence-corrected chi connectivity index (χ0v) is 8.25. The van der Waals surface area contributed by atoms with Crippen molar-refractivity contribution in [2.45, 2.75) is 25.3 Å². The SMILES string of the molecule is Cc1ccc(F)c(O)c1C1(N=C=O)CC1. The van der Waals surface area contributed by atoms with Crippen molar-refractivity contribution in [1.29, 1.82) is 0 Å². The third-order valence-electron chi connectivity index (χ3n) is 2.79. The lowest BCUT2D eigenvalue weighted by Gasteiger charge is -2.14. The molecule has 1 aliphatic rings. The van der Waals surface area contributed by atoms with Crippen LogP contribution in [0.5, 0.6) is 5.75 Å². The maximum atomic E-state index is 13.2. The number of phenolic OH excluding ortho intramolecular Hbond substituents is 1. The van der Waals surface area contributed by atoms with E-state index in [1.165, 1.54) is 12.1 Å². The van der Waals surface area contributed by atoms with Crippen LogP contribution < -0.4 is 0 Å². The molecule has 3 nitrogen and oxygen atoms in total. The van der Waals surface area contributed by atoms with Crippen molar-refractivity contribution in [3.63, 3.8) is 0 Å². The van der Waals surface area contributed by atoms with Crippen LogP contribution in [-0.4, -0.2) is 11.2 Å². The lowest BCUT2D eigenvalue weighted by atomic mass is 9.98. The van der Waals surface area contributed by atoms with E-state index in [0.717, 1.165) is 5.56 Å². The minimum atomic E-state index is -0.724. The smallest absolute Gasteiger partial charge is 0.235 e. The van der Waals surface area contributed by atoms with Gasteiger partial charge in [-0.05, 0) is 31.4 Å². The fourth-order valence-corrected chi connectivity index (χ4v) is 1.88. The Labute approximate surface area is 86.3 Å². The molecule has 1 saturated carbocycles. The monoisotopic (exact) mass is 207 g/mol. The van der Waals surface area contributed by atoms with E-state index < -0.39 is 17.1 Å². The number of hydrogen-bond acceptors (Lipinski definition) is 3. The Morgan fingerprint density at radius 1 is 1.53 bits per heavy atom. The molecule has 0 aliphatic heterocycles. The number of carbonyl (C=O) groups excluding carboxylic acids is 1. The second-order valence-corrected chi connectivity index (χ2v) is 3.82. The summed E-state index contributed by atoms with van der Waals surface area (Å²) in [6.07, 6.45) is 2.79. The van der Waals surface area contributed by atoms with E-state index in [4.69, 9.17) is 0 Å². The summed E-state index contributed by atoms with van der Waals surface area (Å²) in [6, 6.07) is 2.78. The van der Waals surface area contributed by atoms with E-state index in [2.05, 4.69) is 4.99 Å². The van der Waals surface area contributed by atoms with Crippen LogP contribution in [0.25, 0.3) is 0 Å². The van der Waals surface area contributed by atoms with E-state index in [-0.39, 0.29) is 0 Å². The van der Waals surface area contributed by atoms with Crippen LogP contribution in [0.3, 0.4) is 0 Å². The van der Waals surface area contributed by atoms with Gasteiger partial charge in [0.05, 0.1) is 0 Å². The van der Waals surface area contributed by atoms with Crippen molar-refractivity contribution in [2.24, 2.45) is 4.99 Å². The molecule has 1 N–H and O–H groups in total. The molecule has 0 saturated heterocycles. The summed E-state index contributed by atoms with van der Waals surface area (Å²) in [6.45, 7) is 1.76. The summed E-state index contributed by atoms with van der Waals surface area (Å²) in [5.74, 6) is -1.07. The van der Waals surface area contributed by atoms with Gasteiger partial charge in [0, 0.05) is 5.56 Å². The lowest BCUT2D eigenvalue weighted by Crippen LogP contribution is -2.06. The van der Waals surface area contributed by atoms with E-state index in [9.17, 15) is 14.3 Å². The Balaban J connectivity index is 2.62. The summed E-state index contributed by atoms with van der Waals surface area (Å²) in [5.41, 5.74) is 0.439. The van der Waals surface area contributed by atoms with Crippen LogP contribution >= 0.6 is 0 Å². The number of aryl methyl sites for hydroxylation is 1. The van der Waals surface area contributed by atoms with Crippen LogP contribution in [0.4, 0.5) is 4.39 Å². The predicted octanol–water partition coefficient (Wildman–Crippen LogP) is 2.16. The van der Waals surface area contributed by atoms with E-state index in [1.54, 1.807) is 13.0 Å². The fraction of sp³-hybridized carbons (Fsp3) is 0.364. The molecule has 4 heteroatoms. The van der Waals surface area contributed by atoms with E-state index >= 15 is 0 Å². The number of benzene rings is 1. The Hall–Kier alpha value is -1.67. The normalized spacial score (nSPS) is 16.9. The first-order chi connectivity index (χ1) is 7.10. The van der Waals surface area contributed by atoms with Gasteiger partial charge < -0.3 is 5.11 Å². The predicted molar refractivity (Wildman–Crippen MR) is 51.8 cm³/mol. The number of halogens is 1. The minimum absolute atomic E-state index is 0.397. The van der Waals surface area contributed by atoms with Crippen molar-refractivity contribution in [1.82, 2.24) is 0 Å². The maximum Gasteiger partial charge on any atom is 0.235 e. The average Bonchev–Trinajstić information content (AvgIpc) is 2.94. The molecule has 1 aliphatic carbocycles. The molecule has 0 atom stereocenters. The summed E-state index contributed by atoms with van der Waals surface area (Å²) < 4.78 is 13.2. The zero-order valence-electron chi connectivity index (χ0n) is 8.25. The maximum absolute atomic E-state index is 13.2. The summed E-state index contributed by atoms with van der Waals surface area (Å²) in [7, 11) is 0. The molecule has 0 aromatic heterocycles. The first kappa shape index (κ1) is 9.87. The molecule has 2 rings (SSSR count). The minimum Gasteiger partial charge on any atom is -0.505 e. The van der Waals surface area contributed by atoms with Gasteiger partial charge in [0.15, 0.2) is 11.6 Å². The van der Waals surface area contributed by atoms with Gasteiger partial charge in [0.1, 0.15) is 5.54 Å². The number of aliphatic imine (C=N–C) groups is 1. The van der Waals surface area contributed by atoms with Crippen LogP contribution in [-0.2, 0) is 10.3 Å². The second-order valence-electron chi connectivity index (χ2n) is 3.82. The van der Waals surface area contributed by atoms with Crippen molar-refractivity contribution in [3.05, 3.63) is 29.1 Å². The number of phenols is 1. The topological polar surface area (TPSA) is 49.7 Å². The molecule has 0 spiro atoms. The van der Waals surface area contributed by atoms with Gasteiger partial charge in [-0.3, -0.25) is 0 Å². The van der Waals surface area contributed by atoms with Gasteiger partial charge in [0.25, 0.3) is 0 Å². The van der Waals surface area contributed by atoms with Crippen molar-refractivity contribution in [2.75, 3.05) is 0 Å². The highest BCUT2D eigenvalue weighted by molar-refractivity contribution is 5.50. The molecule has 0 bridgehead atoms. The first-order valence-electron chi connectivity index (χ1n) is 4.68. The average molecular weight is 207 g/mol. The summed E-state index contributed by atoms with van der Waals surface area (Å²) >= 11 is 0. The van der Waals surface area contributed by atoms with Crippen LogP contribution in [0.2, 0.25) is 0 Å². The molecule has 0 amide bonds. The molecule has 1 fully saturated rings. The Bertz CT molecular complexity index is 460. The van der Waals surface area contributed by atoms with E-state index in [0.29, 0.717) is 18.4 Å². The fourth-order valence-electron chi connectivity index (χ4n) is 1.88. The molecule has 15 heavy (non-hydrogen) atoms. The third kappa shape index (κ3) is 1.43. The van der Waals surface area contributed by atoms with Gasteiger partial charge in [0.2, 0.25) is 6.08 Å². The lowest BCUT2D eigenvalue weighted by molar-refractivity contribution is 0.418. The zero-order chi connectivity index (χ0) is 11.1. The van der Waals surface area contributed by atoms with Crippen LogP contribution in [0.1, 0.15) is 24.0 Å². The molecule has 78 valence electrons. The van der Waals surface area contributed by atoms with E-state index in [1.807, 2.05) is 0 Å². The largest absolute Gasteiger partial charge is 0.505 e. The standard InChI is InChI=1S/C11H10FNO2/c1-7-2-3-8(12)10(15)9(7)11(4-5-11)13-6-14/h2-3,15H,4-5H2,1H3.